The Bertz CT molecular complexity index is 759. The van der Waals surface area contributed by atoms with E-state index in [2.05, 4.69) is 46.4 Å². The molecule has 25 heavy (non-hydrogen) atoms. The predicted octanol–water partition coefficient (Wildman–Crippen LogP) is 5.04. The van der Waals surface area contributed by atoms with Crippen LogP contribution < -0.4 is 10.1 Å². The van der Waals surface area contributed by atoms with Crippen molar-refractivity contribution in [1.82, 2.24) is 0 Å². The second-order valence-corrected chi connectivity index (χ2v) is 6.91. The van der Waals surface area contributed by atoms with Crippen LogP contribution >= 0.6 is 15.9 Å². The Morgan fingerprint density at radius 3 is 2.60 bits per heavy atom. The largest absolute Gasteiger partial charge is 0.493 e. The molecule has 5 heteroatoms. The van der Waals surface area contributed by atoms with Crippen LogP contribution in [-0.2, 0) is 4.74 Å². The van der Waals surface area contributed by atoms with Crippen molar-refractivity contribution in [3.8, 4) is 5.75 Å². The topological polar surface area (TPSA) is 47.6 Å². The number of aryl methyl sites for hydroxylation is 3. The van der Waals surface area contributed by atoms with Crippen LogP contribution in [0.15, 0.2) is 34.8 Å². The lowest BCUT2D eigenvalue weighted by Crippen LogP contribution is -2.12. The van der Waals surface area contributed by atoms with Crippen molar-refractivity contribution in [2.24, 2.45) is 0 Å². The molecule has 0 saturated heterocycles. The van der Waals surface area contributed by atoms with Crippen molar-refractivity contribution in [2.75, 3.05) is 25.6 Å². The molecule has 1 N–H and O–H groups in total. The van der Waals surface area contributed by atoms with Crippen molar-refractivity contribution >= 4 is 27.6 Å². The molecule has 0 bridgehead atoms. The Balaban J connectivity index is 1.94. The van der Waals surface area contributed by atoms with Crippen LogP contribution in [0, 0.1) is 20.8 Å². The minimum Gasteiger partial charge on any atom is -0.493 e. The molecule has 0 heterocycles. The first-order chi connectivity index (χ1) is 11.9. The first-order valence-electron chi connectivity index (χ1n) is 8.24. The molecule has 2 rings (SSSR count). The van der Waals surface area contributed by atoms with Gasteiger partial charge in [-0.3, -0.25) is 0 Å². The van der Waals surface area contributed by atoms with Gasteiger partial charge >= 0.3 is 5.97 Å². The van der Waals surface area contributed by atoms with Crippen molar-refractivity contribution in [3.05, 3.63) is 57.1 Å². The van der Waals surface area contributed by atoms with Gasteiger partial charge < -0.3 is 14.8 Å². The molecule has 0 aliphatic rings. The number of anilines is 1. The number of esters is 1. The van der Waals surface area contributed by atoms with E-state index < -0.39 is 0 Å². The smallest absolute Gasteiger partial charge is 0.340 e. The summed E-state index contributed by atoms with van der Waals surface area (Å²) in [6, 6.07) is 9.99. The van der Waals surface area contributed by atoms with Crippen LogP contribution in [0.2, 0.25) is 0 Å². The lowest BCUT2D eigenvalue weighted by Gasteiger charge is -2.14. The summed E-state index contributed by atoms with van der Waals surface area (Å²) in [6.07, 6.45) is 0.814. The van der Waals surface area contributed by atoms with Gasteiger partial charge in [-0.05, 0) is 78.0 Å². The van der Waals surface area contributed by atoms with E-state index >= 15 is 0 Å². The van der Waals surface area contributed by atoms with Crippen LogP contribution in [0.1, 0.15) is 33.5 Å². The molecular weight excluding hydrogens is 382 g/mol. The van der Waals surface area contributed by atoms with Gasteiger partial charge in [-0.25, -0.2) is 4.79 Å². The summed E-state index contributed by atoms with van der Waals surface area (Å²) in [7, 11) is 1.39. The summed E-state index contributed by atoms with van der Waals surface area (Å²) in [5.74, 6) is 0.574. The fourth-order valence-electron chi connectivity index (χ4n) is 2.52. The van der Waals surface area contributed by atoms with Gasteiger partial charge in [-0.1, -0.05) is 12.1 Å². The number of benzene rings is 2. The van der Waals surface area contributed by atoms with Crippen LogP contribution in [0.4, 0.5) is 5.69 Å². The number of carbonyl (C=O) groups is 1. The fourth-order valence-corrected chi connectivity index (χ4v) is 3.24. The number of methoxy groups -OCH3 is 1. The van der Waals surface area contributed by atoms with Gasteiger partial charge in [0.2, 0.25) is 0 Å². The Kier molecular flexibility index (Phi) is 6.88. The zero-order valence-corrected chi connectivity index (χ0v) is 16.7. The molecule has 0 aromatic heterocycles. The van der Waals surface area contributed by atoms with E-state index in [0.29, 0.717) is 18.7 Å². The van der Waals surface area contributed by atoms with Crippen molar-refractivity contribution in [2.45, 2.75) is 27.2 Å². The van der Waals surface area contributed by atoms with Gasteiger partial charge in [0.25, 0.3) is 0 Å². The van der Waals surface area contributed by atoms with E-state index in [-0.39, 0.29) is 5.97 Å². The number of nitrogens with one attached hydrogen (secondary N) is 1. The van der Waals surface area contributed by atoms with Gasteiger partial charge in [0, 0.05) is 11.0 Å². The molecule has 0 aliphatic carbocycles. The molecule has 2 aromatic carbocycles. The summed E-state index contributed by atoms with van der Waals surface area (Å²) < 4.78 is 11.6. The summed E-state index contributed by atoms with van der Waals surface area (Å²) in [4.78, 5) is 12.0. The number of hydrogen-bond donors (Lipinski definition) is 1. The van der Waals surface area contributed by atoms with E-state index in [4.69, 9.17) is 9.47 Å². The molecule has 0 aliphatic heterocycles. The van der Waals surface area contributed by atoms with Crippen molar-refractivity contribution in [1.29, 1.82) is 0 Å². The van der Waals surface area contributed by atoms with Crippen molar-refractivity contribution < 1.29 is 14.3 Å². The molecule has 134 valence electrons. The number of carbonyl (C=O) groups excluding carboxylic acids is 1. The molecular formula is C20H24BrNO3. The average molecular weight is 406 g/mol. The van der Waals surface area contributed by atoms with Crippen LogP contribution in [-0.4, -0.2) is 26.2 Å². The number of halogens is 1. The summed E-state index contributed by atoms with van der Waals surface area (Å²) >= 11 is 3.52. The predicted molar refractivity (Wildman–Crippen MR) is 105 cm³/mol. The lowest BCUT2D eigenvalue weighted by molar-refractivity contribution is 0.0601. The quantitative estimate of drug-likeness (QED) is 0.517. The highest BCUT2D eigenvalue weighted by Crippen LogP contribution is 2.29. The van der Waals surface area contributed by atoms with Crippen molar-refractivity contribution in [3.63, 3.8) is 0 Å². The zero-order valence-electron chi connectivity index (χ0n) is 15.1. The monoisotopic (exact) mass is 405 g/mol. The van der Waals surface area contributed by atoms with Gasteiger partial charge in [0.1, 0.15) is 5.75 Å². The molecule has 0 amide bonds. The second-order valence-electron chi connectivity index (χ2n) is 6.06. The zero-order chi connectivity index (χ0) is 18.4. The van der Waals surface area contributed by atoms with E-state index in [9.17, 15) is 4.79 Å². The molecule has 4 nitrogen and oxygen atoms in total. The van der Waals surface area contributed by atoms with E-state index in [0.717, 1.165) is 33.5 Å². The van der Waals surface area contributed by atoms with E-state index in [1.165, 1.54) is 12.7 Å². The third-order valence-corrected chi connectivity index (χ3v) is 4.49. The third kappa shape index (κ3) is 5.23. The molecule has 0 radical (unpaired) electrons. The van der Waals surface area contributed by atoms with Gasteiger partial charge in [0.15, 0.2) is 0 Å². The number of ether oxygens (including phenoxy) is 2. The Morgan fingerprint density at radius 1 is 1.12 bits per heavy atom. The fraction of sp³-hybridized carbons (Fsp3) is 0.350. The van der Waals surface area contributed by atoms with E-state index in [1.54, 1.807) is 0 Å². The third-order valence-electron chi connectivity index (χ3n) is 3.86. The normalized spacial score (nSPS) is 10.4. The maximum atomic E-state index is 12.0. The second kappa shape index (κ2) is 8.90. The Morgan fingerprint density at radius 2 is 1.88 bits per heavy atom. The first-order valence-corrected chi connectivity index (χ1v) is 9.04. The maximum absolute atomic E-state index is 12.0. The number of rotatable bonds is 7. The highest BCUT2D eigenvalue weighted by Gasteiger charge is 2.15. The highest BCUT2D eigenvalue weighted by atomic mass is 79.9. The van der Waals surface area contributed by atoms with Gasteiger partial charge in [-0.2, -0.15) is 0 Å². The maximum Gasteiger partial charge on any atom is 0.340 e. The average Bonchev–Trinajstić information content (AvgIpc) is 2.58. The first kappa shape index (κ1) is 19.3. The molecule has 0 unspecified atom stereocenters. The molecule has 0 spiro atoms. The highest BCUT2D eigenvalue weighted by molar-refractivity contribution is 9.10. The standard InChI is InChI=1S/C20H24BrNO3/c1-13-6-7-15(3)18(12-13)25-9-5-8-22-19-16(20(23)24-4)10-14(2)11-17(19)21/h6-7,10-12,22H,5,8-9H2,1-4H3. The molecule has 2 aromatic rings. The van der Waals surface area contributed by atoms with Crippen LogP contribution in [0.25, 0.3) is 0 Å². The lowest BCUT2D eigenvalue weighted by atomic mass is 10.1. The molecule has 0 atom stereocenters. The SMILES string of the molecule is COC(=O)c1cc(C)cc(Br)c1NCCCOc1cc(C)ccc1C. The Hall–Kier alpha value is -2.01. The van der Waals surface area contributed by atoms with Gasteiger partial charge in [-0.15, -0.1) is 0 Å². The Labute approximate surface area is 157 Å². The minimum absolute atomic E-state index is 0.349. The number of hydrogen-bond acceptors (Lipinski definition) is 4. The summed E-state index contributed by atoms with van der Waals surface area (Å²) in [5, 5.41) is 3.31. The summed E-state index contributed by atoms with van der Waals surface area (Å²) in [6.45, 7) is 7.33. The van der Waals surface area contributed by atoms with Crippen LogP contribution in [0.5, 0.6) is 5.75 Å². The summed E-state index contributed by atoms with van der Waals surface area (Å²) in [5.41, 5.74) is 4.60. The van der Waals surface area contributed by atoms with Gasteiger partial charge in [0.05, 0.1) is 25.0 Å². The van der Waals surface area contributed by atoms with Crippen LogP contribution in [0.3, 0.4) is 0 Å². The molecule has 0 fully saturated rings. The molecule has 0 saturated carbocycles. The minimum atomic E-state index is -0.349. The van der Waals surface area contributed by atoms with E-state index in [1.807, 2.05) is 26.0 Å².